The fourth-order valence-corrected chi connectivity index (χ4v) is 7.17. The molecule has 0 spiro atoms. The van der Waals surface area contributed by atoms with Gasteiger partial charge < -0.3 is 9.32 Å². The molecule has 0 bridgehead atoms. The highest BCUT2D eigenvalue weighted by Crippen LogP contribution is 2.38. The molecule has 3 heterocycles. The lowest BCUT2D eigenvalue weighted by molar-refractivity contribution is 0.669. The third kappa shape index (κ3) is 5.34. The fraction of sp³-hybridized carbons (Fsp3) is 0. The number of para-hydroxylation sites is 3. The van der Waals surface area contributed by atoms with Crippen molar-refractivity contribution in [2.75, 3.05) is 4.90 Å². The van der Waals surface area contributed by atoms with Crippen molar-refractivity contribution >= 4 is 60.8 Å². The summed E-state index contributed by atoms with van der Waals surface area (Å²) >= 11 is 0. The van der Waals surface area contributed by atoms with E-state index in [0.717, 1.165) is 94.4 Å². The molecule has 0 atom stereocenters. The SMILES string of the molecule is c1ccc2nc(-c3ccc(N(c4ccc(-c5ccc6c(c5)oc5ccccc56)cc4)c4ccc(-c5ccc6ccccc6n5)cc4)cc3)ccc2c1. The molecule has 244 valence electrons. The molecule has 0 fully saturated rings. The maximum Gasteiger partial charge on any atom is 0.136 e. The molecule has 52 heavy (non-hydrogen) atoms. The number of fused-ring (bicyclic) bond motifs is 5. The number of aromatic nitrogens is 2. The lowest BCUT2D eigenvalue weighted by Crippen LogP contribution is -2.09. The van der Waals surface area contributed by atoms with Gasteiger partial charge in [0.25, 0.3) is 0 Å². The molecule has 4 heteroatoms. The van der Waals surface area contributed by atoms with Crippen molar-refractivity contribution in [2.24, 2.45) is 0 Å². The van der Waals surface area contributed by atoms with Gasteiger partial charge in [-0.05, 0) is 90.0 Å². The van der Waals surface area contributed by atoms with Crippen molar-refractivity contribution in [3.63, 3.8) is 0 Å². The minimum Gasteiger partial charge on any atom is -0.456 e. The average Bonchev–Trinajstić information content (AvgIpc) is 3.59. The second-order valence-electron chi connectivity index (χ2n) is 13.1. The Hall–Kier alpha value is -7.04. The molecule has 0 aliphatic carbocycles. The summed E-state index contributed by atoms with van der Waals surface area (Å²) in [7, 11) is 0. The normalized spacial score (nSPS) is 11.5. The van der Waals surface area contributed by atoms with Crippen LogP contribution in [0.2, 0.25) is 0 Å². The van der Waals surface area contributed by atoms with Crippen LogP contribution in [0, 0.1) is 0 Å². The molecule has 7 aromatic carbocycles. The van der Waals surface area contributed by atoms with E-state index in [9.17, 15) is 0 Å². The third-order valence-electron chi connectivity index (χ3n) is 9.88. The first-order valence-corrected chi connectivity index (χ1v) is 17.5. The van der Waals surface area contributed by atoms with E-state index < -0.39 is 0 Å². The highest BCUT2D eigenvalue weighted by atomic mass is 16.3. The van der Waals surface area contributed by atoms with E-state index in [0.29, 0.717) is 0 Å². The molecule has 10 rings (SSSR count). The van der Waals surface area contributed by atoms with Crippen molar-refractivity contribution in [2.45, 2.75) is 0 Å². The van der Waals surface area contributed by atoms with Crippen molar-refractivity contribution in [3.05, 3.63) is 188 Å². The number of pyridine rings is 2. The summed E-state index contributed by atoms with van der Waals surface area (Å²) in [5, 5.41) is 4.54. The van der Waals surface area contributed by atoms with Gasteiger partial charge in [0, 0.05) is 49.7 Å². The molecule has 0 aliphatic heterocycles. The minimum absolute atomic E-state index is 0.895. The maximum absolute atomic E-state index is 6.20. The number of benzene rings is 7. The van der Waals surface area contributed by atoms with Gasteiger partial charge in [-0.2, -0.15) is 0 Å². The van der Waals surface area contributed by atoms with Crippen LogP contribution in [-0.4, -0.2) is 9.97 Å². The van der Waals surface area contributed by atoms with Gasteiger partial charge in [0.05, 0.1) is 22.4 Å². The van der Waals surface area contributed by atoms with Crippen LogP contribution in [-0.2, 0) is 0 Å². The smallest absolute Gasteiger partial charge is 0.136 e. The van der Waals surface area contributed by atoms with Crippen LogP contribution in [0.15, 0.2) is 192 Å². The van der Waals surface area contributed by atoms with Gasteiger partial charge in [-0.25, -0.2) is 9.97 Å². The number of rotatable bonds is 6. The Morgan fingerprint density at radius 2 is 0.808 bits per heavy atom. The van der Waals surface area contributed by atoms with Gasteiger partial charge in [0.2, 0.25) is 0 Å². The van der Waals surface area contributed by atoms with Gasteiger partial charge in [0.1, 0.15) is 11.2 Å². The molecule has 0 radical (unpaired) electrons. The largest absolute Gasteiger partial charge is 0.456 e. The highest BCUT2D eigenvalue weighted by Gasteiger charge is 2.15. The van der Waals surface area contributed by atoms with E-state index in [1.54, 1.807) is 0 Å². The quantitative estimate of drug-likeness (QED) is 0.177. The van der Waals surface area contributed by atoms with Crippen molar-refractivity contribution in [1.29, 1.82) is 0 Å². The summed E-state index contributed by atoms with van der Waals surface area (Å²) in [5.41, 5.74) is 13.2. The van der Waals surface area contributed by atoms with Crippen LogP contribution in [0.25, 0.3) is 77.4 Å². The van der Waals surface area contributed by atoms with E-state index in [4.69, 9.17) is 14.4 Å². The van der Waals surface area contributed by atoms with Gasteiger partial charge in [-0.3, -0.25) is 0 Å². The lowest BCUT2D eigenvalue weighted by atomic mass is 10.0. The van der Waals surface area contributed by atoms with Crippen LogP contribution in [0.4, 0.5) is 17.1 Å². The van der Waals surface area contributed by atoms with E-state index in [1.807, 2.05) is 36.4 Å². The summed E-state index contributed by atoms with van der Waals surface area (Å²) in [4.78, 5) is 12.2. The van der Waals surface area contributed by atoms with Gasteiger partial charge in [0.15, 0.2) is 0 Å². The predicted molar refractivity (Wildman–Crippen MR) is 215 cm³/mol. The van der Waals surface area contributed by atoms with Crippen LogP contribution in [0.1, 0.15) is 0 Å². The number of nitrogens with zero attached hydrogens (tertiary/aromatic N) is 3. The molecule has 0 unspecified atom stereocenters. The summed E-state index contributed by atoms with van der Waals surface area (Å²) in [5.74, 6) is 0. The Labute approximate surface area is 300 Å². The molecule has 4 nitrogen and oxygen atoms in total. The Balaban J connectivity index is 1.02. The van der Waals surface area contributed by atoms with E-state index >= 15 is 0 Å². The van der Waals surface area contributed by atoms with Crippen LogP contribution >= 0.6 is 0 Å². The lowest BCUT2D eigenvalue weighted by Gasteiger charge is -2.26. The minimum atomic E-state index is 0.895. The molecular formula is C48H31N3O. The Bertz CT molecular complexity index is 2770. The summed E-state index contributed by atoms with van der Waals surface area (Å²) in [6.45, 7) is 0. The Kier molecular flexibility index (Phi) is 7.10. The first-order valence-electron chi connectivity index (χ1n) is 17.5. The molecule has 3 aromatic heterocycles. The summed E-state index contributed by atoms with van der Waals surface area (Å²) in [6, 6.07) is 65.7. The number of hydrogen-bond acceptors (Lipinski definition) is 4. The van der Waals surface area contributed by atoms with Gasteiger partial charge in [-0.15, -0.1) is 0 Å². The molecule has 0 aliphatic rings. The third-order valence-corrected chi connectivity index (χ3v) is 9.88. The molecular weight excluding hydrogens is 635 g/mol. The molecule has 0 amide bonds. The summed E-state index contributed by atoms with van der Waals surface area (Å²) in [6.07, 6.45) is 0. The molecule has 0 saturated heterocycles. The first kappa shape index (κ1) is 29.8. The monoisotopic (exact) mass is 665 g/mol. The Morgan fingerprint density at radius 1 is 0.346 bits per heavy atom. The zero-order valence-electron chi connectivity index (χ0n) is 28.1. The zero-order valence-corrected chi connectivity index (χ0v) is 28.1. The summed E-state index contributed by atoms with van der Waals surface area (Å²) < 4.78 is 6.20. The van der Waals surface area contributed by atoms with Gasteiger partial charge in [-0.1, -0.05) is 109 Å². The second-order valence-corrected chi connectivity index (χ2v) is 13.1. The van der Waals surface area contributed by atoms with Gasteiger partial charge >= 0.3 is 0 Å². The molecule has 0 N–H and O–H groups in total. The number of hydrogen-bond donors (Lipinski definition) is 0. The zero-order chi connectivity index (χ0) is 34.4. The number of furan rings is 1. The highest BCUT2D eigenvalue weighted by molar-refractivity contribution is 6.06. The van der Waals surface area contributed by atoms with E-state index in [1.165, 1.54) is 0 Å². The standard InChI is InChI=1S/C48H31N3O/c1-4-10-43-33(7-1)20-29-45(49-43)35-15-24-39(25-16-35)51(40-26-17-36(18-27-40)46-30-21-34-8-2-5-11-44(34)50-46)38-22-13-32(14-23-38)37-19-28-42-41-9-3-6-12-47(41)52-48(42)31-37/h1-31H. The fourth-order valence-electron chi connectivity index (χ4n) is 7.17. The predicted octanol–water partition coefficient (Wildman–Crippen LogP) is 13.2. The van der Waals surface area contributed by atoms with Crippen LogP contribution < -0.4 is 4.90 Å². The molecule has 10 aromatic rings. The van der Waals surface area contributed by atoms with E-state index in [2.05, 4.69) is 157 Å². The average molecular weight is 666 g/mol. The van der Waals surface area contributed by atoms with Crippen LogP contribution in [0.5, 0.6) is 0 Å². The first-order chi connectivity index (χ1) is 25.7. The number of anilines is 3. The van der Waals surface area contributed by atoms with Crippen LogP contribution in [0.3, 0.4) is 0 Å². The van der Waals surface area contributed by atoms with Crippen molar-refractivity contribution in [1.82, 2.24) is 9.97 Å². The Morgan fingerprint density at radius 3 is 1.38 bits per heavy atom. The van der Waals surface area contributed by atoms with E-state index in [-0.39, 0.29) is 0 Å². The topological polar surface area (TPSA) is 42.2 Å². The van der Waals surface area contributed by atoms with Crippen molar-refractivity contribution in [3.8, 4) is 33.6 Å². The molecule has 0 saturated carbocycles. The van der Waals surface area contributed by atoms with Crippen molar-refractivity contribution < 1.29 is 4.42 Å². The maximum atomic E-state index is 6.20. The second kappa shape index (κ2) is 12.4.